The molecule has 0 heterocycles. The number of carbonyl (C=O) groups excluding carboxylic acids is 1. The molecule has 0 radical (unpaired) electrons. The first-order chi connectivity index (χ1) is 11.1. The first kappa shape index (κ1) is 22.5. The van der Waals surface area contributed by atoms with Gasteiger partial charge in [-0.05, 0) is 6.42 Å². The number of ether oxygens (including phenoxy) is 4. The molecule has 6 nitrogen and oxygen atoms in total. The lowest BCUT2D eigenvalue weighted by molar-refractivity contribution is -0.127. The molecule has 0 spiro atoms. The Morgan fingerprint density at radius 3 is 1.78 bits per heavy atom. The van der Waals surface area contributed by atoms with Gasteiger partial charge < -0.3 is 24.3 Å². The Hall–Kier alpha value is -0.530. The van der Waals surface area contributed by atoms with Crippen molar-refractivity contribution in [1.29, 1.82) is 0 Å². The van der Waals surface area contributed by atoms with E-state index in [0.717, 1.165) is 13.0 Å². The van der Waals surface area contributed by atoms with E-state index in [1.807, 2.05) is 13.8 Å². The van der Waals surface area contributed by atoms with Gasteiger partial charge in [0.05, 0.1) is 46.2 Å². The molecular weight excluding hydrogens is 298 g/mol. The Bertz CT molecular complexity index is 274. The smallest absolute Gasteiger partial charge is 0.161 e. The molecule has 0 aromatic carbocycles. The molecule has 0 saturated heterocycles. The van der Waals surface area contributed by atoms with E-state index in [9.17, 15) is 4.79 Å². The summed E-state index contributed by atoms with van der Waals surface area (Å²) in [5.74, 6) is 0.229. The molecule has 0 fully saturated rings. The lowest BCUT2D eigenvalue weighted by atomic mass is 10.1. The number of hydrogen-bond donors (Lipinski definition) is 1. The van der Waals surface area contributed by atoms with Gasteiger partial charge in [0.1, 0.15) is 6.61 Å². The van der Waals surface area contributed by atoms with Crippen LogP contribution in [0.5, 0.6) is 0 Å². The second kappa shape index (κ2) is 16.3. The fraction of sp³-hybridized carbons (Fsp3) is 0.941. The van der Waals surface area contributed by atoms with Crippen molar-refractivity contribution in [3.8, 4) is 0 Å². The van der Waals surface area contributed by atoms with Crippen LogP contribution in [-0.2, 0) is 23.7 Å². The Morgan fingerprint density at radius 1 is 0.826 bits per heavy atom. The molecule has 1 atom stereocenters. The van der Waals surface area contributed by atoms with Gasteiger partial charge in [0.15, 0.2) is 5.78 Å². The molecule has 0 bridgehead atoms. The highest BCUT2D eigenvalue weighted by molar-refractivity contribution is 5.81. The number of ketones is 1. The third kappa shape index (κ3) is 16.1. The second-order valence-corrected chi connectivity index (χ2v) is 5.77. The van der Waals surface area contributed by atoms with E-state index in [1.54, 1.807) is 0 Å². The van der Waals surface area contributed by atoms with Crippen molar-refractivity contribution in [2.75, 3.05) is 59.4 Å². The normalized spacial score (nSPS) is 12.7. The summed E-state index contributed by atoms with van der Waals surface area (Å²) in [6, 6.07) is 0.490. The van der Waals surface area contributed by atoms with Crippen LogP contribution in [0.3, 0.4) is 0 Å². The van der Waals surface area contributed by atoms with Crippen LogP contribution in [0, 0.1) is 5.92 Å². The molecule has 1 unspecified atom stereocenters. The maximum atomic E-state index is 11.5. The van der Waals surface area contributed by atoms with Crippen LogP contribution in [0.2, 0.25) is 0 Å². The summed E-state index contributed by atoms with van der Waals surface area (Å²) in [6.07, 6.45) is 0.855. The van der Waals surface area contributed by atoms with Gasteiger partial charge >= 0.3 is 0 Å². The van der Waals surface area contributed by atoms with Crippen molar-refractivity contribution in [2.24, 2.45) is 5.92 Å². The van der Waals surface area contributed by atoms with Gasteiger partial charge in [-0.1, -0.05) is 27.7 Å². The highest BCUT2D eigenvalue weighted by Gasteiger charge is 2.09. The van der Waals surface area contributed by atoms with Gasteiger partial charge in [-0.2, -0.15) is 0 Å². The van der Waals surface area contributed by atoms with Gasteiger partial charge in [-0.25, -0.2) is 0 Å². The predicted octanol–water partition coefficient (Wildman–Crippen LogP) is 1.67. The molecule has 0 aliphatic rings. The quantitative estimate of drug-likeness (QED) is 0.409. The van der Waals surface area contributed by atoms with Gasteiger partial charge in [-0.3, -0.25) is 4.79 Å². The Labute approximate surface area is 141 Å². The van der Waals surface area contributed by atoms with Gasteiger partial charge in [0.2, 0.25) is 0 Å². The average Bonchev–Trinajstić information content (AvgIpc) is 2.53. The first-order valence-electron chi connectivity index (χ1n) is 8.65. The number of rotatable bonds is 17. The van der Waals surface area contributed by atoms with Crippen molar-refractivity contribution in [1.82, 2.24) is 5.32 Å². The summed E-state index contributed by atoms with van der Waals surface area (Å²) in [5, 5.41) is 3.28. The lowest BCUT2D eigenvalue weighted by Crippen LogP contribution is -2.27. The highest BCUT2D eigenvalue weighted by atomic mass is 16.6. The lowest BCUT2D eigenvalue weighted by Gasteiger charge is -2.09. The summed E-state index contributed by atoms with van der Waals surface area (Å²) in [4.78, 5) is 11.5. The van der Waals surface area contributed by atoms with Crippen molar-refractivity contribution in [3.63, 3.8) is 0 Å². The number of carbonyl (C=O) groups is 1. The second-order valence-electron chi connectivity index (χ2n) is 5.77. The van der Waals surface area contributed by atoms with Crippen molar-refractivity contribution >= 4 is 5.78 Å². The maximum absolute atomic E-state index is 11.5. The molecular formula is C17H35NO5. The number of nitrogens with one attached hydrogen (secondary N) is 1. The number of hydrogen-bond acceptors (Lipinski definition) is 6. The minimum absolute atomic E-state index is 0.0766. The Kier molecular flexibility index (Phi) is 16.0. The SMILES string of the molecule is CCC(C)C(=O)COCCOCCOCCOCCNC(C)C. The Balaban J connectivity index is 3.12. The molecule has 0 amide bonds. The topological polar surface area (TPSA) is 66.0 Å². The summed E-state index contributed by atoms with van der Waals surface area (Å²) < 4.78 is 21.4. The highest BCUT2D eigenvalue weighted by Crippen LogP contribution is 2.01. The van der Waals surface area contributed by atoms with E-state index in [4.69, 9.17) is 18.9 Å². The summed E-state index contributed by atoms with van der Waals surface area (Å²) in [5.41, 5.74) is 0. The van der Waals surface area contributed by atoms with E-state index in [1.165, 1.54) is 0 Å². The zero-order chi connectivity index (χ0) is 17.3. The molecule has 0 aliphatic heterocycles. The molecule has 6 heteroatoms. The molecule has 0 aromatic heterocycles. The largest absolute Gasteiger partial charge is 0.378 e. The summed E-state index contributed by atoms with van der Waals surface area (Å²) in [6.45, 7) is 13.0. The zero-order valence-corrected chi connectivity index (χ0v) is 15.3. The zero-order valence-electron chi connectivity index (χ0n) is 15.3. The van der Waals surface area contributed by atoms with Gasteiger partial charge in [0.25, 0.3) is 0 Å². The van der Waals surface area contributed by atoms with E-state index in [-0.39, 0.29) is 18.3 Å². The molecule has 138 valence electrons. The van der Waals surface area contributed by atoms with Crippen LogP contribution in [0.1, 0.15) is 34.1 Å². The minimum Gasteiger partial charge on any atom is -0.378 e. The van der Waals surface area contributed by atoms with Crippen molar-refractivity contribution in [3.05, 3.63) is 0 Å². The maximum Gasteiger partial charge on any atom is 0.161 e. The van der Waals surface area contributed by atoms with Gasteiger partial charge in [-0.15, -0.1) is 0 Å². The molecule has 1 N–H and O–H groups in total. The summed E-state index contributed by atoms with van der Waals surface area (Å²) in [7, 11) is 0. The van der Waals surface area contributed by atoms with E-state index < -0.39 is 0 Å². The fourth-order valence-corrected chi connectivity index (χ4v) is 1.62. The van der Waals surface area contributed by atoms with Crippen molar-refractivity contribution < 1.29 is 23.7 Å². The molecule has 23 heavy (non-hydrogen) atoms. The average molecular weight is 333 g/mol. The van der Waals surface area contributed by atoms with Crippen LogP contribution >= 0.6 is 0 Å². The van der Waals surface area contributed by atoms with Crippen LogP contribution in [0.25, 0.3) is 0 Å². The molecule has 0 saturated carbocycles. The van der Waals surface area contributed by atoms with Crippen LogP contribution in [0.15, 0.2) is 0 Å². The van der Waals surface area contributed by atoms with Crippen molar-refractivity contribution in [2.45, 2.75) is 40.2 Å². The van der Waals surface area contributed by atoms with Gasteiger partial charge in [0, 0.05) is 18.5 Å². The fourth-order valence-electron chi connectivity index (χ4n) is 1.62. The third-order valence-corrected chi connectivity index (χ3v) is 3.32. The standard InChI is InChI=1S/C17H35NO5/c1-5-16(4)17(19)14-23-13-12-22-11-10-21-9-8-20-7-6-18-15(2)3/h15-16,18H,5-14H2,1-4H3. The van der Waals surface area contributed by atoms with Crippen LogP contribution < -0.4 is 5.32 Å². The van der Waals surface area contributed by atoms with Crippen LogP contribution in [0.4, 0.5) is 0 Å². The third-order valence-electron chi connectivity index (χ3n) is 3.32. The summed E-state index contributed by atoms with van der Waals surface area (Å²) >= 11 is 0. The monoisotopic (exact) mass is 333 g/mol. The van der Waals surface area contributed by atoms with E-state index in [0.29, 0.717) is 52.3 Å². The molecule has 0 aromatic rings. The van der Waals surface area contributed by atoms with E-state index >= 15 is 0 Å². The van der Waals surface area contributed by atoms with E-state index in [2.05, 4.69) is 19.2 Å². The number of Topliss-reactive ketones (excluding diaryl/α,β-unsaturated/α-hetero) is 1. The first-order valence-corrected chi connectivity index (χ1v) is 8.65. The predicted molar refractivity (Wildman–Crippen MR) is 90.9 cm³/mol. The molecule has 0 rings (SSSR count). The molecule has 0 aliphatic carbocycles. The van der Waals surface area contributed by atoms with Crippen LogP contribution in [-0.4, -0.2) is 71.2 Å². The Morgan fingerprint density at radius 2 is 1.30 bits per heavy atom. The minimum atomic E-state index is 0.0766.